The molecule has 0 aliphatic carbocycles. The van der Waals surface area contributed by atoms with Crippen molar-refractivity contribution < 1.29 is 19.4 Å². The molecule has 0 fully saturated rings. The molecule has 2 heterocycles. The van der Waals surface area contributed by atoms with Gasteiger partial charge in [0.25, 0.3) is 0 Å². The molecule has 0 radical (unpaired) electrons. The largest absolute Gasteiger partial charge is 0.508 e. The Morgan fingerprint density at radius 3 is 2.48 bits per heavy atom. The third kappa shape index (κ3) is 3.38. The number of rotatable bonds is 4. The van der Waals surface area contributed by atoms with Gasteiger partial charge in [-0.15, -0.1) is 0 Å². The SMILES string of the molecule is COC(=O)C1=C(C(=O)c2ccc(Br)cc2)[C@H](c2ccc(O)cc2)n2nnnc2N1. The topological polar surface area (TPSA) is 119 Å². The average molecular weight is 456 g/mol. The first-order valence-corrected chi connectivity index (χ1v) is 9.25. The second-order valence-corrected chi connectivity index (χ2v) is 7.10. The Morgan fingerprint density at radius 1 is 1.14 bits per heavy atom. The Hall–Kier alpha value is -3.53. The zero-order valence-corrected chi connectivity index (χ0v) is 16.6. The number of phenolic OH excluding ortho intramolecular Hbond substituents is 1. The van der Waals surface area contributed by atoms with Gasteiger partial charge in [0.05, 0.1) is 12.7 Å². The van der Waals surface area contributed by atoms with Crippen LogP contribution in [0.1, 0.15) is 22.0 Å². The zero-order chi connectivity index (χ0) is 20.5. The summed E-state index contributed by atoms with van der Waals surface area (Å²) in [6.07, 6.45) is 0. The van der Waals surface area contributed by atoms with Crippen molar-refractivity contribution in [2.75, 3.05) is 12.4 Å². The summed E-state index contributed by atoms with van der Waals surface area (Å²) in [5, 5.41) is 24.0. The highest BCUT2D eigenvalue weighted by Gasteiger charge is 2.38. The van der Waals surface area contributed by atoms with Crippen molar-refractivity contribution in [2.45, 2.75) is 6.04 Å². The van der Waals surface area contributed by atoms with E-state index in [2.05, 4.69) is 36.8 Å². The minimum absolute atomic E-state index is 0.0409. The van der Waals surface area contributed by atoms with Gasteiger partial charge < -0.3 is 15.2 Å². The standard InChI is InChI=1S/C19H14BrN5O4/c1-29-18(28)15-14(17(27)11-2-6-12(20)7-3-11)16(10-4-8-13(26)9-5-10)25-19(21-15)22-23-24-25/h2-9,16,26H,1H3,(H,21,22,24)/t16-/m0/s1. The first-order chi connectivity index (χ1) is 14.0. The van der Waals surface area contributed by atoms with Crippen molar-refractivity contribution >= 4 is 33.6 Å². The molecule has 2 N–H and O–H groups in total. The predicted molar refractivity (Wildman–Crippen MR) is 105 cm³/mol. The molecule has 1 aliphatic rings. The number of allylic oxidation sites excluding steroid dienone is 1. The summed E-state index contributed by atoms with van der Waals surface area (Å²) in [7, 11) is 1.23. The van der Waals surface area contributed by atoms with E-state index in [1.807, 2.05) is 0 Å². The van der Waals surface area contributed by atoms with E-state index < -0.39 is 12.0 Å². The Kier molecular flexibility index (Phi) is 4.85. The lowest BCUT2D eigenvalue weighted by Gasteiger charge is -2.28. The maximum atomic E-state index is 13.5. The molecule has 3 aromatic rings. The van der Waals surface area contributed by atoms with Crippen LogP contribution in [0.2, 0.25) is 0 Å². The molecule has 29 heavy (non-hydrogen) atoms. The Bertz CT molecular complexity index is 1120. The molecular weight excluding hydrogens is 442 g/mol. The summed E-state index contributed by atoms with van der Waals surface area (Å²) in [6.45, 7) is 0. The van der Waals surface area contributed by atoms with Crippen molar-refractivity contribution in [1.29, 1.82) is 0 Å². The number of hydrogen-bond acceptors (Lipinski definition) is 8. The lowest BCUT2D eigenvalue weighted by molar-refractivity contribution is -0.136. The van der Waals surface area contributed by atoms with Gasteiger partial charge in [0.15, 0.2) is 5.78 Å². The predicted octanol–water partition coefficient (Wildman–Crippen LogP) is 2.47. The second kappa shape index (κ2) is 7.47. The van der Waals surface area contributed by atoms with E-state index in [4.69, 9.17) is 4.74 Å². The van der Waals surface area contributed by atoms with E-state index >= 15 is 0 Å². The maximum Gasteiger partial charge on any atom is 0.355 e. The summed E-state index contributed by atoms with van der Waals surface area (Å²) >= 11 is 3.34. The fourth-order valence-electron chi connectivity index (χ4n) is 3.11. The highest BCUT2D eigenvalue weighted by Crippen LogP contribution is 2.37. The number of aromatic nitrogens is 4. The number of fused-ring (bicyclic) bond motifs is 1. The quantitative estimate of drug-likeness (QED) is 0.454. The number of methoxy groups -OCH3 is 1. The highest BCUT2D eigenvalue weighted by atomic mass is 79.9. The number of carbonyl (C=O) groups is 2. The van der Waals surface area contributed by atoms with E-state index in [0.717, 1.165) is 4.47 Å². The van der Waals surface area contributed by atoms with E-state index in [9.17, 15) is 14.7 Å². The molecule has 4 rings (SSSR count). The van der Waals surface area contributed by atoms with Gasteiger partial charge in [-0.2, -0.15) is 4.68 Å². The van der Waals surface area contributed by atoms with Gasteiger partial charge in [-0.3, -0.25) is 4.79 Å². The molecule has 146 valence electrons. The number of nitrogens with one attached hydrogen (secondary N) is 1. The van der Waals surface area contributed by atoms with E-state index in [-0.39, 0.29) is 28.8 Å². The number of anilines is 1. The molecule has 0 saturated heterocycles. The Labute approximate surface area is 173 Å². The van der Waals surface area contributed by atoms with Gasteiger partial charge in [0, 0.05) is 10.0 Å². The number of nitrogens with zero attached hydrogens (tertiary/aromatic N) is 4. The van der Waals surface area contributed by atoms with Crippen LogP contribution in [0.3, 0.4) is 0 Å². The lowest BCUT2D eigenvalue weighted by atomic mass is 9.89. The van der Waals surface area contributed by atoms with Crippen LogP contribution in [-0.4, -0.2) is 44.2 Å². The zero-order valence-electron chi connectivity index (χ0n) is 15.0. The van der Waals surface area contributed by atoms with Crippen LogP contribution in [0.25, 0.3) is 0 Å². The molecule has 0 spiro atoms. The van der Waals surface area contributed by atoms with Crippen molar-refractivity contribution in [3.63, 3.8) is 0 Å². The summed E-state index contributed by atoms with van der Waals surface area (Å²) in [5.74, 6) is -0.846. The number of hydrogen-bond donors (Lipinski definition) is 2. The maximum absolute atomic E-state index is 13.5. The molecule has 2 aromatic carbocycles. The Balaban J connectivity index is 1.94. The van der Waals surface area contributed by atoms with Crippen LogP contribution in [0, 0.1) is 0 Å². The number of esters is 1. The van der Waals surface area contributed by atoms with E-state index in [0.29, 0.717) is 11.1 Å². The fourth-order valence-corrected chi connectivity index (χ4v) is 3.37. The van der Waals surface area contributed by atoms with Gasteiger partial charge in [-0.05, 0) is 52.4 Å². The number of ether oxygens (including phenoxy) is 1. The third-order valence-electron chi connectivity index (χ3n) is 4.47. The fraction of sp³-hybridized carbons (Fsp3) is 0.105. The smallest absolute Gasteiger partial charge is 0.355 e. The van der Waals surface area contributed by atoms with Gasteiger partial charge in [-0.1, -0.05) is 33.2 Å². The number of tetrazole rings is 1. The molecule has 1 aliphatic heterocycles. The second-order valence-electron chi connectivity index (χ2n) is 6.18. The molecule has 0 bridgehead atoms. The number of Topliss-reactive ketones (excluding diaryl/α,β-unsaturated/α-hetero) is 1. The molecule has 0 saturated carbocycles. The van der Waals surface area contributed by atoms with Crippen molar-refractivity contribution in [3.8, 4) is 5.75 Å². The number of halogens is 1. The monoisotopic (exact) mass is 455 g/mol. The first kappa shape index (κ1) is 18.8. The number of carbonyl (C=O) groups excluding carboxylic acids is 2. The van der Waals surface area contributed by atoms with E-state index in [1.54, 1.807) is 36.4 Å². The normalized spacial score (nSPS) is 15.4. The molecule has 9 nitrogen and oxygen atoms in total. The van der Waals surface area contributed by atoms with Crippen LogP contribution in [0.4, 0.5) is 5.95 Å². The first-order valence-electron chi connectivity index (χ1n) is 8.46. The molecular formula is C19H14BrN5O4. The van der Waals surface area contributed by atoms with Gasteiger partial charge in [-0.25, -0.2) is 4.79 Å². The van der Waals surface area contributed by atoms with Gasteiger partial charge in [0.2, 0.25) is 5.95 Å². The number of benzene rings is 2. The van der Waals surface area contributed by atoms with Gasteiger partial charge >= 0.3 is 5.97 Å². The van der Waals surface area contributed by atoms with Crippen molar-refractivity contribution in [2.24, 2.45) is 0 Å². The number of aromatic hydroxyl groups is 1. The Morgan fingerprint density at radius 2 is 1.83 bits per heavy atom. The van der Waals surface area contributed by atoms with Crippen LogP contribution in [0.5, 0.6) is 5.75 Å². The van der Waals surface area contributed by atoms with Crippen LogP contribution in [-0.2, 0) is 9.53 Å². The molecule has 10 heteroatoms. The molecule has 1 atom stereocenters. The van der Waals surface area contributed by atoms with E-state index in [1.165, 1.54) is 23.9 Å². The highest BCUT2D eigenvalue weighted by molar-refractivity contribution is 9.10. The number of phenols is 1. The van der Waals surface area contributed by atoms with Crippen LogP contribution in [0.15, 0.2) is 64.3 Å². The minimum Gasteiger partial charge on any atom is -0.508 e. The van der Waals surface area contributed by atoms with Crippen LogP contribution >= 0.6 is 15.9 Å². The van der Waals surface area contributed by atoms with Gasteiger partial charge in [0.1, 0.15) is 17.5 Å². The summed E-state index contributed by atoms with van der Waals surface area (Å²) in [6, 6.07) is 12.2. The lowest BCUT2D eigenvalue weighted by Crippen LogP contribution is -2.32. The van der Waals surface area contributed by atoms with Crippen LogP contribution < -0.4 is 5.32 Å². The summed E-state index contributed by atoms with van der Waals surface area (Å²) in [5.41, 5.74) is 1.08. The minimum atomic E-state index is -0.799. The van der Waals surface area contributed by atoms with Crippen molar-refractivity contribution in [3.05, 3.63) is 75.4 Å². The molecule has 1 aromatic heterocycles. The summed E-state index contributed by atoms with van der Waals surface area (Å²) < 4.78 is 7.11. The molecule has 0 unspecified atom stereocenters. The van der Waals surface area contributed by atoms with Crippen molar-refractivity contribution in [1.82, 2.24) is 20.2 Å². The summed E-state index contributed by atoms with van der Waals surface area (Å²) in [4.78, 5) is 26.0. The number of ketones is 1. The molecule has 0 amide bonds. The average Bonchev–Trinajstić information content (AvgIpc) is 3.21. The third-order valence-corrected chi connectivity index (χ3v) is 5.00.